The van der Waals surface area contributed by atoms with E-state index in [4.69, 9.17) is 10.5 Å². The van der Waals surface area contributed by atoms with Gasteiger partial charge in [0.25, 0.3) is 0 Å². The number of rotatable bonds is 2. The molecule has 1 fully saturated rings. The van der Waals surface area contributed by atoms with Crippen molar-refractivity contribution in [3.63, 3.8) is 0 Å². The van der Waals surface area contributed by atoms with E-state index in [-0.39, 0.29) is 5.54 Å². The normalized spacial score (nSPS) is 18.8. The predicted molar refractivity (Wildman–Crippen MR) is 53.0 cm³/mol. The zero-order chi connectivity index (χ0) is 10.2. The van der Waals surface area contributed by atoms with Crippen molar-refractivity contribution in [2.24, 2.45) is 5.73 Å². The highest BCUT2D eigenvalue weighted by molar-refractivity contribution is 5.27. The van der Waals surface area contributed by atoms with E-state index >= 15 is 0 Å². The lowest BCUT2D eigenvalue weighted by atomic mass is 9.74. The van der Waals surface area contributed by atoms with Crippen LogP contribution in [-0.4, -0.2) is 17.1 Å². The van der Waals surface area contributed by atoms with Gasteiger partial charge in [0, 0.05) is 6.20 Å². The Bertz CT molecular complexity index is 347. The summed E-state index contributed by atoms with van der Waals surface area (Å²) in [5, 5.41) is 0. The van der Waals surface area contributed by atoms with E-state index in [1.807, 2.05) is 6.92 Å². The third kappa shape index (κ3) is 1.35. The number of hydrogen-bond acceptors (Lipinski definition) is 4. The first-order chi connectivity index (χ1) is 6.65. The van der Waals surface area contributed by atoms with Crippen LogP contribution in [-0.2, 0) is 5.54 Å². The fraction of sp³-hybridized carbons (Fsp3) is 0.600. The molecule has 2 rings (SSSR count). The van der Waals surface area contributed by atoms with Crippen LogP contribution in [0, 0.1) is 6.92 Å². The average molecular weight is 193 g/mol. The smallest absolute Gasteiger partial charge is 0.316 e. The highest BCUT2D eigenvalue weighted by atomic mass is 16.5. The SMILES string of the molecule is COc1ncc(C)c(C2(N)CCC2)n1. The predicted octanol–water partition coefficient (Wildman–Crippen LogP) is 1.13. The molecular weight excluding hydrogens is 178 g/mol. The van der Waals surface area contributed by atoms with Crippen molar-refractivity contribution in [3.05, 3.63) is 17.5 Å². The van der Waals surface area contributed by atoms with Crippen molar-refractivity contribution in [2.45, 2.75) is 31.7 Å². The van der Waals surface area contributed by atoms with E-state index in [0.717, 1.165) is 24.1 Å². The van der Waals surface area contributed by atoms with Crippen LogP contribution in [0.3, 0.4) is 0 Å². The molecule has 0 spiro atoms. The van der Waals surface area contributed by atoms with Crippen LogP contribution in [0.2, 0.25) is 0 Å². The molecule has 1 aliphatic carbocycles. The van der Waals surface area contributed by atoms with Gasteiger partial charge in [-0.15, -0.1) is 0 Å². The second kappa shape index (κ2) is 3.20. The Labute approximate surface area is 83.5 Å². The first-order valence-electron chi connectivity index (χ1n) is 4.83. The summed E-state index contributed by atoms with van der Waals surface area (Å²) >= 11 is 0. The maximum absolute atomic E-state index is 6.20. The van der Waals surface area contributed by atoms with Gasteiger partial charge in [-0.3, -0.25) is 0 Å². The molecule has 1 heterocycles. The van der Waals surface area contributed by atoms with E-state index in [1.165, 1.54) is 6.42 Å². The Hall–Kier alpha value is -1.16. The third-order valence-corrected chi connectivity index (χ3v) is 2.85. The van der Waals surface area contributed by atoms with Gasteiger partial charge in [0.1, 0.15) is 0 Å². The van der Waals surface area contributed by atoms with Crippen molar-refractivity contribution < 1.29 is 4.74 Å². The van der Waals surface area contributed by atoms with Crippen molar-refractivity contribution in [2.75, 3.05) is 7.11 Å². The molecule has 1 aromatic heterocycles. The second-order valence-electron chi connectivity index (χ2n) is 3.90. The Morgan fingerprint density at radius 3 is 2.71 bits per heavy atom. The minimum atomic E-state index is -0.236. The molecule has 0 aromatic carbocycles. The van der Waals surface area contributed by atoms with Crippen molar-refractivity contribution in [3.8, 4) is 6.01 Å². The summed E-state index contributed by atoms with van der Waals surface area (Å²) < 4.78 is 5.00. The van der Waals surface area contributed by atoms with Crippen LogP contribution in [0.1, 0.15) is 30.5 Å². The van der Waals surface area contributed by atoms with Gasteiger partial charge in [-0.2, -0.15) is 4.98 Å². The molecule has 0 unspecified atom stereocenters. The molecule has 0 atom stereocenters. The average Bonchev–Trinajstić information content (AvgIpc) is 2.15. The number of aromatic nitrogens is 2. The standard InChI is InChI=1S/C10H15N3O/c1-7-6-12-9(14-2)13-8(7)10(11)4-3-5-10/h6H,3-5,11H2,1-2H3. The van der Waals surface area contributed by atoms with Crippen LogP contribution < -0.4 is 10.5 Å². The maximum Gasteiger partial charge on any atom is 0.316 e. The molecule has 1 aliphatic rings. The first-order valence-corrected chi connectivity index (χ1v) is 4.83. The first kappa shape index (κ1) is 9.40. The highest BCUT2D eigenvalue weighted by Gasteiger charge is 2.37. The number of nitrogens with zero attached hydrogens (tertiary/aromatic N) is 2. The summed E-state index contributed by atoms with van der Waals surface area (Å²) in [6.45, 7) is 1.99. The maximum atomic E-state index is 6.20. The summed E-state index contributed by atoms with van der Waals surface area (Å²) in [5.41, 5.74) is 7.96. The minimum Gasteiger partial charge on any atom is -0.467 e. The zero-order valence-electron chi connectivity index (χ0n) is 8.58. The van der Waals surface area contributed by atoms with Crippen LogP contribution in [0.15, 0.2) is 6.20 Å². The van der Waals surface area contributed by atoms with E-state index in [0.29, 0.717) is 6.01 Å². The fourth-order valence-electron chi connectivity index (χ4n) is 1.82. The van der Waals surface area contributed by atoms with E-state index in [9.17, 15) is 0 Å². The quantitative estimate of drug-likeness (QED) is 0.764. The Morgan fingerprint density at radius 1 is 1.50 bits per heavy atom. The van der Waals surface area contributed by atoms with Crippen molar-refractivity contribution in [1.29, 1.82) is 0 Å². The van der Waals surface area contributed by atoms with Crippen LogP contribution >= 0.6 is 0 Å². The van der Waals surface area contributed by atoms with E-state index in [1.54, 1.807) is 13.3 Å². The summed E-state index contributed by atoms with van der Waals surface area (Å²) in [5.74, 6) is 0. The van der Waals surface area contributed by atoms with Gasteiger partial charge in [0.2, 0.25) is 0 Å². The summed E-state index contributed by atoms with van der Waals surface area (Å²) in [6, 6.07) is 0.405. The molecule has 2 N–H and O–H groups in total. The van der Waals surface area contributed by atoms with Gasteiger partial charge < -0.3 is 10.5 Å². The molecule has 0 radical (unpaired) electrons. The Morgan fingerprint density at radius 2 is 2.21 bits per heavy atom. The third-order valence-electron chi connectivity index (χ3n) is 2.85. The lowest BCUT2D eigenvalue weighted by molar-refractivity contribution is 0.241. The minimum absolute atomic E-state index is 0.236. The second-order valence-corrected chi connectivity index (χ2v) is 3.90. The number of nitrogens with two attached hydrogens (primary N) is 1. The van der Waals surface area contributed by atoms with E-state index < -0.39 is 0 Å². The molecule has 76 valence electrons. The zero-order valence-corrected chi connectivity index (χ0v) is 8.58. The van der Waals surface area contributed by atoms with Gasteiger partial charge in [0.05, 0.1) is 18.3 Å². The molecule has 4 heteroatoms. The summed E-state index contributed by atoms with van der Waals surface area (Å²) in [4.78, 5) is 8.37. The van der Waals surface area contributed by atoms with Crippen LogP contribution in [0.25, 0.3) is 0 Å². The summed E-state index contributed by atoms with van der Waals surface area (Å²) in [6.07, 6.45) is 4.97. The molecular formula is C10H15N3O. The molecule has 1 aromatic rings. The molecule has 0 aliphatic heterocycles. The number of methoxy groups -OCH3 is 1. The lowest BCUT2D eigenvalue weighted by Crippen LogP contribution is -2.44. The number of aryl methyl sites for hydroxylation is 1. The lowest BCUT2D eigenvalue weighted by Gasteiger charge is -2.38. The van der Waals surface area contributed by atoms with Crippen LogP contribution in [0.5, 0.6) is 6.01 Å². The largest absolute Gasteiger partial charge is 0.467 e. The fourth-order valence-corrected chi connectivity index (χ4v) is 1.82. The Kier molecular flexibility index (Phi) is 2.15. The van der Waals surface area contributed by atoms with Gasteiger partial charge in [-0.05, 0) is 31.7 Å². The highest BCUT2D eigenvalue weighted by Crippen LogP contribution is 2.39. The van der Waals surface area contributed by atoms with Crippen molar-refractivity contribution >= 4 is 0 Å². The van der Waals surface area contributed by atoms with Gasteiger partial charge in [0.15, 0.2) is 0 Å². The van der Waals surface area contributed by atoms with Crippen molar-refractivity contribution in [1.82, 2.24) is 9.97 Å². The molecule has 4 nitrogen and oxygen atoms in total. The molecule has 0 saturated heterocycles. The molecule has 1 saturated carbocycles. The summed E-state index contributed by atoms with van der Waals surface area (Å²) in [7, 11) is 1.57. The van der Waals surface area contributed by atoms with Crippen LogP contribution in [0.4, 0.5) is 0 Å². The molecule has 0 amide bonds. The monoisotopic (exact) mass is 193 g/mol. The number of ether oxygens (including phenoxy) is 1. The van der Waals surface area contributed by atoms with Gasteiger partial charge in [-0.1, -0.05) is 0 Å². The Balaban J connectivity index is 2.40. The van der Waals surface area contributed by atoms with Gasteiger partial charge in [-0.25, -0.2) is 4.98 Å². The molecule has 0 bridgehead atoms. The molecule has 14 heavy (non-hydrogen) atoms. The number of hydrogen-bond donors (Lipinski definition) is 1. The topological polar surface area (TPSA) is 61.0 Å². The van der Waals surface area contributed by atoms with E-state index in [2.05, 4.69) is 9.97 Å². The van der Waals surface area contributed by atoms with Gasteiger partial charge >= 0.3 is 6.01 Å².